The molecule has 2 rings (SSSR count). The fourth-order valence-electron chi connectivity index (χ4n) is 1.71. The van der Waals surface area contributed by atoms with Gasteiger partial charge in [-0.25, -0.2) is 4.99 Å². The molecule has 2 aromatic rings. The Morgan fingerprint density at radius 2 is 1.61 bits per heavy atom. The third kappa shape index (κ3) is 4.97. The van der Waals surface area contributed by atoms with Gasteiger partial charge in [0.1, 0.15) is 0 Å². The van der Waals surface area contributed by atoms with Crippen molar-refractivity contribution in [2.75, 3.05) is 5.32 Å². The van der Waals surface area contributed by atoms with E-state index in [0.29, 0.717) is 16.9 Å². The number of hydrogen-bond acceptors (Lipinski definition) is 4. The number of benzene rings is 2. The van der Waals surface area contributed by atoms with Crippen molar-refractivity contribution in [2.24, 2.45) is 16.5 Å². The molecule has 2 aromatic carbocycles. The second kappa shape index (κ2) is 7.76. The molecule has 0 heterocycles. The van der Waals surface area contributed by atoms with Gasteiger partial charge in [-0.15, -0.1) is 12.4 Å². The predicted octanol–water partition coefficient (Wildman–Crippen LogP) is 2.17. The smallest absolute Gasteiger partial charge is 0.269 e. The van der Waals surface area contributed by atoms with Gasteiger partial charge < -0.3 is 16.8 Å². The van der Waals surface area contributed by atoms with Crippen LogP contribution >= 0.6 is 12.4 Å². The number of rotatable bonds is 4. The summed E-state index contributed by atoms with van der Waals surface area (Å²) >= 11 is 0. The zero-order chi connectivity index (χ0) is 16.1. The van der Waals surface area contributed by atoms with Crippen LogP contribution in [0.1, 0.15) is 10.4 Å². The lowest BCUT2D eigenvalue weighted by atomic mass is 10.2. The molecule has 5 N–H and O–H groups in total. The highest BCUT2D eigenvalue weighted by molar-refractivity contribution is 6.04. The molecule has 8 nitrogen and oxygen atoms in total. The van der Waals surface area contributed by atoms with Crippen molar-refractivity contribution in [3.63, 3.8) is 0 Å². The van der Waals surface area contributed by atoms with Crippen LogP contribution in [0.2, 0.25) is 0 Å². The SMILES string of the molecule is Cl.NC(N)=Nc1ccc(C(=O)Nc2ccc([N+](=O)[O-])cc2)cc1. The van der Waals surface area contributed by atoms with Crippen LogP contribution in [0.15, 0.2) is 53.5 Å². The first-order valence-corrected chi connectivity index (χ1v) is 6.21. The predicted molar refractivity (Wildman–Crippen MR) is 90.2 cm³/mol. The van der Waals surface area contributed by atoms with Gasteiger partial charge in [0.2, 0.25) is 0 Å². The van der Waals surface area contributed by atoms with E-state index >= 15 is 0 Å². The highest BCUT2D eigenvalue weighted by Gasteiger charge is 2.08. The molecule has 0 aliphatic heterocycles. The van der Waals surface area contributed by atoms with Crippen LogP contribution in [0.3, 0.4) is 0 Å². The molecule has 1 amide bonds. The Labute approximate surface area is 137 Å². The Bertz CT molecular complexity index is 725. The Morgan fingerprint density at radius 1 is 1.04 bits per heavy atom. The van der Waals surface area contributed by atoms with Crippen LogP contribution in [0.25, 0.3) is 0 Å². The standard InChI is InChI=1S/C14H13N5O3.ClH/c15-14(16)18-11-3-1-9(2-4-11)13(20)17-10-5-7-12(8-6-10)19(21)22;/h1-8H,(H,17,20)(H4,15,16,18);1H. The third-order valence-corrected chi connectivity index (χ3v) is 2.72. The summed E-state index contributed by atoms with van der Waals surface area (Å²) in [6, 6.07) is 11.9. The Hall–Kier alpha value is -3.13. The van der Waals surface area contributed by atoms with Crippen LogP contribution in [0.5, 0.6) is 0 Å². The maximum atomic E-state index is 12.0. The largest absolute Gasteiger partial charge is 0.370 e. The maximum Gasteiger partial charge on any atom is 0.269 e. The lowest BCUT2D eigenvalue weighted by Gasteiger charge is -2.05. The number of aliphatic imine (C=N–C) groups is 1. The van der Waals surface area contributed by atoms with E-state index in [1.807, 2.05) is 0 Å². The first kappa shape index (κ1) is 17.9. The Morgan fingerprint density at radius 3 is 2.09 bits per heavy atom. The number of carbonyl (C=O) groups is 1. The van der Waals surface area contributed by atoms with E-state index in [1.54, 1.807) is 24.3 Å². The first-order chi connectivity index (χ1) is 10.5. The van der Waals surface area contributed by atoms with Gasteiger partial charge in [-0.05, 0) is 36.4 Å². The number of non-ortho nitro benzene ring substituents is 1. The molecular formula is C14H14ClN5O3. The minimum Gasteiger partial charge on any atom is -0.370 e. The van der Waals surface area contributed by atoms with Crippen molar-refractivity contribution in [2.45, 2.75) is 0 Å². The zero-order valence-corrected chi connectivity index (χ0v) is 12.6. The summed E-state index contributed by atoms with van der Waals surface area (Å²) in [4.78, 5) is 25.9. The molecule has 0 saturated heterocycles. The van der Waals surface area contributed by atoms with E-state index in [-0.39, 0.29) is 30.0 Å². The topological polar surface area (TPSA) is 137 Å². The van der Waals surface area contributed by atoms with Crippen LogP contribution in [0.4, 0.5) is 17.1 Å². The minimum absolute atomic E-state index is 0. The molecule has 0 fully saturated rings. The van der Waals surface area contributed by atoms with Gasteiger partial charge in [0.25, 0.3) is 11.6 Å². The van der Waals surface area contributed by atoms with Crippen molar-refractivity contribution in [3.05, 3.63) is 64.2 Å². The average Bonchev–Trinajstić information content (AvgIpc) is 2.48. The lowest BCUT2D eigenvalue weighted by molar-refractivity contribution is -0.384. The van der Waals surface area contributed by atoms with Crippen molar-refractivity contribution in [3.8, 4) is 0 Å². The van der Waals surface area contributed by atoms with Crippen LogP contribution < -0.4 is 16.8 Å². The van der Waals surface area contributed by atoms with Crippen molar-refractivity contribution in [1.82, 2.24) is 0 Å². The molecule has 0 spiro atoms. The number of anilines is 1. The monoisotopic (exact) mass is 335 g/mol. The van der Waals surface area contributed by atoms with Gasteiger partial charge in [0, 0.05) is 23.4 Å². The van der Waals surface area contributed by atoms with E-state index in [9.17, 15) is 14.9 Å². The quantitative estimate of drug-likeness (QED) is 0.340. The highest BCUT2D eigenvalue weighted by atomic mass is 35.5. The Balaban J connectivity index is 0.00000264. The summed E-state index contributed by atoms with van der Waals surface area (Å²) in [7, 11) is 0. The lowest BCUT2D eigenvalue weighted by Crippen LogP contribution is -2.21. The molecule has 0 radical (unpaired) electrons. The number of guanidine groups is 1. The second-order valence-corrected chi connectivity index (χ2v) is 4.34. The summed E-state index contributed by atoms with van der Waals surface area (Å²) in [5.41, 5.74) is 11.9. The Kier molecular flexibility index (Phi) is 6.04. The van der Waals surface area contributed by atoms with Gasteiger partial charge in [0.05, 0.1) is 10.6 Å². The molecule has 0 bridgehead atoms. The molecule has 0 aliphatic rings. The molecule has 0 atom stereocenters. The van der Waals surface area contributed by atoms with Crippen LogP contribution in [0, 0.1) is 10.1 Å². The van der Waals surface area contributed by atoms with Gasteiger partial charge in [0.15, 0.2) is 5.96 Å². The van der Waals surface area contributed by atoms with Crippen molar-refractivity contribution in [1.29, 1.82) is 0 Å². The van der Waals surface area contributed by atoms with Gasteiger partial charge >= 0.3 is 0 Å². The second-order valence-electron chi connectivity index (χ2n) is 4.34. The zero-order valence-electron chi connectivity index (χ0n) is 11.8. The molecule has 0 saturated carbocycles. The molecule has 9 heteroatoms. The first-order valence-electron chi connectivity index (χ1n) is 6.21. The number of amides is 1. The number of nitrogens with two attached hydrogens (primary N) is 2. The summed E-state index contributed by atoms with van der Waals surface area (Å²) in [5.74, 6) is -0.409. The van der Waals surface area contributed by atoms with E-state index in [2.05, 4.69) is 10.3 Å². The highest BCUT2D eigenvalue weighted by Crippen LogP contribution is 2.17. The third-order valence-electron chi connectivity index (χ3n) is 2.72. The van der Waals surface area contributed by atoms with Gasteiger partial charge in [-0.1, -0.05) is 0 Å². The fourth-order valence-corrected chi connectivity index (χ4v) is 1.71. The summed E-state index contributed by atoms with van der Waals surface area (Å²) in [6.07, 6.45) is 0. The van der Waals surface area contributed by atoms with Gasteiger partial charge in [-0.2, -0.15) is 0 Å². The summed E-state index contributed by atoms with van der Waals surface area (Å²) < 4.78 is 0. The van der Waals surface area contributed by atoms with E-state index in [0.717, 1.165) is 0 Å². The van der Waals surface area contributed by atoms with Crippen molar-refractivity contribution >= 4 is 41.3 Å². The van der Waals surface area contributed by atoms with Gasteiger partial charge in [-0.3, -0.25) is 14.9 Å². The number of nitrogens with zero attached hydrogens (tertiary/aromatic N) is 2. The number of halogens is 1. The minimum atomic E-state index is -0.506. The number of nitro benzene ring substituents is 1. The van der Waals surface area contributed by atoms with E-state index < -0.39 is 4.92 Å². The number of carbonyl (C=O) groups excluding carboxylic acids is 1. The molecule has 0 aromatic heterocycles. The molecule has 23 heavy (non-hydrogen) atoms. The summed E-state index contributed by atoms with van der Waals surface area (Å²) in [5, 5.41) is 13.2. The molecule has 0 unspecified atom stereocenters. The van der Waals surface area contributed by atoms with E-state index in [1.165, 1.54) is 24.3 Å². The normalized spacial score (nSPS) is 9.39. The number of nitrogens with one attached hydrogen (secondary N) is 1. The van der Waals surface area contributed by atoms with Crippen LogP contribution in [-0.2, 0) is 0 Å². The fraction of sp³-hybridized carbons (Fsp3) is 0. The average molecular weight is 336 g/mol. The molecular weight excluding hydrogens is 322 g/mol. The van der Waals surface area contributed by atoms with Crippen molar-refractivity contribution < 1.29 is 9.72 Å². The number of hydrogen-bond donors (Lipinski definition) is 3. The van der Waals surface area contributed by atoms with E-state index in [4.69, 9.17) is 11.5 Å². The number of nitro groups is 1. The van der Waals surface area contributed by atoms with Crippen LogP contribution in [-0.4, -0.2) is 16.8 Å². The summed E-state index contributed by atoms with van der Waals surface area (Å²) in [6.45, 7) is 0. The molecule has 120 valence electrons. The maximum absolute atomic E-state index is 12.0. The molecule has 0 aliphatic carbocycles.